The number of rotatable bonds is 7. The van der Waals surface area contributed by atoms with Gasteiger partial charge in [-0.2, -0.15) is 0 Å². The van der Waals surface area contributed by atoms with E-state index in [2.05, 4.69) is 17.4 Å². The molecule has 0 heterocycles. The van der Waals surface area contributed by atoms with Gasteiger partial charge in [0.2, 0.25) is 0 Å². The number of carbonyl (C=O) groups excluding carboxylic acids is 2. The fourth-order valence-electron chi connectivity index (χ4n) is 4.07. The summed E-state index contributed by atoms with van der Waals surface area (Å²) in [5, 5.41) is 12.2. The second kappa shape index (κ2) is 9.76. The number of amides is 2. The van der Waals surface area contributed by atoms with E-state index in [4.69, 9.17) is 14.7 Å². The van der Waals surface area contributed by atoms with Crippen molar-refractivity contribution in [2.75, 3.05) is 25.6 Å². The second-order valence-electron chi connectivity index (χ2n) is 7.97. The van der Waals surface area contributed by atoms with E-state index in [-0.39, 0.29) is 23.8 Å². The number of ether oxygens (including phenoxy) is 1. The van der Waals surface area contributed by atoms with Gasteiger partial charge in [0.15, 0.2) is 6.61 Å². The summed E-state index contributed by atoms with van der Waals surface area (Å²) >= 11 is 0. The highest BCUT2D eigenvalue weighted by Crippen LogP contribution is 2.44. The minimum Gasteiger partial charge on any atom is -0.479 e. The molecule has 0 atom stereocenters. The minimum atomic E-state index is -1.21. The number of nitrogens with zero attached hydrogens (tertiary/aromatic N) is 1. The molecule has 3 aromatic rings. The van der Waals surface area contributed by atoms with Crippen LogP contribution in [0, 0.1) is 6.92 Å². The zero-order valence-electron chi connectivity index (χ0n) is 18.8. The number of hydrogen-bond acceptors (Lipinski definition) is 5. The highest BCUT2D eigenvalue weighted by molar-refractivity contribution is 6.02. The highest BCUT2D eigenvalue weighted by Gasteiger charge is 2.29. The Hall–Kier alpha value is -4.17. The average Bonchev–Trinajstić information content (AvgIpc) is 3.15. The standard InChI is InChI=1S/C26H24N2O6/c1-16-11-12-23(21(13-16)25(31)28(2)34-15-24(29)30)27-26(32)33-14-22-19-9-5-3-7-17(19)18-8-4-6-10-20(18)22/h3-13,22H,14-15H2,1-2H3,(H,27,32)(H,29,30). The van der Waals surface area contributed by atoms with E-state index in [1.807, 2.05) is 36.4 Å². The van der Waals surface area contributed by atoms with Crippen molar-refractivity contribution in [2.24, 2.45) is 0 Å². The predicted molar refractivity (Wildman–Crippen MR) is 126 cm³/mol. The molecule has 0 saturated carbocycles. The van der Waals surface area contributed by atoms with Gasteiger partial charge in [-0.05, 0) is 41.3 Å². The van der Waals surface area contributed by atoms with E-state index >= 15 is 0 Å². The van der Waals surface area contributed by atoms with Gasteiger partial charge < -0.3 is 9.84 Å². The van der Waals surface area contributed by atoms with Crippen LogP contribution in [0.3, 0.4) is 0 Å². The number of fused-ring (bicyclic) bond motifs is 3. The molecule has 4 rings (SSSR count). The first-order chi connectivity index (χ1) is 16.3. The zero-order valence-corrected chi connectivity index (χ0v) is 18.8. The Bertz CT molecular complexity index is 1210. The molecule has 174 valence electrons. The van der Waals surface area contributed by atoms with E-state index in [1.165, 1.54) is 7.05 Å². The molecule has 0 saturated heterocycles. The summed E-state index contributed by atoms with van der Waals surface area (Å²) in [6, 6.07) is 21.0. The average molecular weight is 460 g/mol. The van der Waals surface area contributed by atoms with Gasteiger partial charge in [-0.15, -0.1) is 0 Å². The van der Waals surface area contributed by atoms with Crippen molar-refractivity contribution in [1.82, 2.24) is 5.06 Å². The van der Waals surface area contributed by atoms with Crippen LogP contribution in [0.15, 0.2) is 66.7 Å². The van der Waals surface area contributed by atoms with Gasteiger partial charge in [0.05, 0.1) is 11.3 Å². The van der Waals surface area contributed by atoms with Gasteiger partial charge in [-0.1, -0.05) is 60.2 Å². The van der Waals surface area contributed by atoms with Gasteiger partial charge in [0.25, 0.3) is 5.91 Å². The maximum absolute atomic E-state index is 12.8. The van der Waals surface area contributed by atoms with E-state index < -0.39 is 24.6 Å². The molecular formula is C26H24N2O6. The van der Waals surface area contributed by atoms with Crippen LogP contribution in [0.4, 0.5) is 10.5 Å². The molecule has 2 amide bonds. The van der Waals surface area contributed by atoms with E-state index in [9.17, 15) is 14.4 Å². The molecule has 1 aliphatic rings. The third-order valence-electron chi connectivity index (χ3n) is 5.65. The quantitative estimate of drug-likeness (QED) is 0.505. The molecule has 1 aliphatic carbocycles. The van der Waals surface area contributed by atoms with E-state index in [0.29, 0.717) is 0 Å². The van der Waals surface area contributed by atoms with Crippen molar-refractivity contribution in [1.29, 1.82) is 0 Å². The molecule has 0 aromatic heterocycles. The third-order valence-corrected chi connectivity index (χ3v) is 5.65. The van der Waals surface area contributed by atoms with Crippen LogP contribution in [-0.2, 0) is 14.4 Å². The van der Waals surface area contributed by atoms with E-state index in [0.717, 1.165) is 32.9 Å². The lowest BCUT2D eigenvalue weighted by Gasteiger charge is -2.19. The summed E-state index contributed by atoms with van der Waals surface area (Å²) in [6.45, 7) is 1.27. The first-order valence-corrected chi connectivity index (χ1v) is 10.7. The first kappa shape index (κ1) is 23.0. The molecule has 2 N–H and O–H groups in total. The van der Waals surface area contributed by atoms with Gasteiger partial charge >= 0.3 is 12.1 Å². The fourth-order valence-corrected chi connectivity index (χ4v) is 4.07. The number of carbonyl (C=O) groups is 3. The van der Waals surface area contributed by atoms with Gasteiger partial charge in [0, 0.05) is 13.0 Å². The number of carboxylic acid groups (broad SMARTS) is 1. The summed E-state index contributed by atoms with van der Waals surface area (Å²) in [5.74, 6) is -1.90. The number of aliphatic carboxylic acids is 1. The molecule has 0 spiro atoms. The SMILES string of the molecule is Cc1ccc(NC(=O)OCC2c3ccccc3-c3ccccc32)c(C(=O)N(C)OCC(=O)O)c1. The minimum absolute atomic E-state index is 0.0900. The molecule has 34 heavy (non-hydrogen) atoms. The Kier molecular flexibility index (Phi) is 6.60. The van der Waals surface area contributed by atoms with Crippen LogP contribution in [-0.4, -0.2) is 48.4 Å². The molecule has 8 nitrogen and oxygen atoms in total. The molecule has 0 fully saturated rings. The number of anilines is 1. The number of benzene rings is 3. The number of aryl methyl sites for hydroxylation is 1. The summed E-state index contributed by atoms with van der Waals surface area (Å²) in [5.41, 5.74) is 5.62. The number of hydrogen-bond donors (Lipinski definition) is 2. The molecule has 0 bridgehead atoms. The normalized spacial score (nSPS) is 11.9. The molecule has 0 unspecified atom stereocenters. The fraction of sp³-hybridized carbons (Fsp3) is 0.192. The molecule has 0 aliphatic heterocycles. The van der Waals surface area contributed by atoms with Crippen molar-refractivity contribution < 1.29 is 29.1 Å². The summed E-state index contributed by atoms with van der Waals surface area (Å²) in [6.07, 6.45) is -0.700. The summed E-state index contributed by atoms with van der Waals surface area (Å²) in [7, 11) is 1.31. The summed E-state index contributed by atoms with van der Waals surface area (Å²) in [4.78, 5) is 41.1. The first-order valence-electron chi connectivity index (χ1n) is 10.7. The van der Waals surface area contributed by atoms with Crippen LogP contribution >= 0.6 is 0 Å². The van der Waals surface area contributed by atoms with Crippen LogP contribution in [0.2, 0.25) is 0 Å². The largest absolute Gasteiger partial charge is 0.479 e. The smallest absolute Gasteiger partial charge is 0.411 e. The maximum Gasteiger partial charge on any atom is 0.411 e. The van der Waals surface area contributed by atoms with Crippen molar-refractivity contribution in [3.8, 4) is 11.1 Å². The van der Waals surface area contributed by atoms with Crippen molar-refractivity contribution in [3.63, 3.8) is 0 Å². The topological polar surface area (TPSA) is 105 Å². The lowest BCUT2D eigenvalue weighted by Crippen LogP contribution is -2.30. The second-order valence-corrected chi connectivity index (χ2v) is 7.97. The maximum atomic E-state index is 12.8. The monoisotopic (exact) mass is 460 g/mol. The molecular weight excluding hydrogens is 436 g/mol. The Morgan fingerprint density at radius 2 is 1.59 bits per heavy atom. The third kappa shape index (κ3) is 4.77. The van der Waals surface area contributed by atoms with Crippen molar-refractivity contribution >= 4 is 23.7 Å². The Morgan fingerprint density at radius 1 is 0.971 bits per heavy atom. The Labute approximate surface area is 196 Å². The van der Waals surface area contributed by atoms with Crippen LogP contribution in [0.5, 0.6) is 0 Å². The van der Waals surface area contributed by atoms with Crippen molar-refractivity contribution in [3.05, 3.63) is 89.0 Å². The van der Waals surface area contributed by atoms with Crippen LogP contribution in [0.1, 0.15) is 33.0 Å². The van der Waals surface area contributed by atoms with Crippen molar-refractivity contribution in [2.45, 2.75) is 12.8 Å². The Balaban J connectivity index is 1.47. The van der Waals surface area contributed by atoms with Gasteiger partial charge in [-0.25, -0.2) is 14.7 Å². The van der Waals surface area contributed by atoms with Gasteiger partial charge in [0.1, 0.15) is 6.61 Å². The van der Waals surface area contributed by atoms with Crippen LogP contribution < -0.4 is 5.32 Å². The lowest BCUT2D eigenvalue weighted by atomic mass is 9.98. The Morgan fingerprint density at radius 3 is 2.21 bits per heavy atom. The molecule has 3 aromatic carbocycles. The number of nitrogens with one attached hydrogen (secondary N) is 1. The highest BCUT2D eigenvalue weighted by atomic mass is 16.7. The number of carboxylic acids is 1. The zero-order chi connectivity index (χ0) is 24.2. The van der Waals surface area contributed by atoms with Gasteiger partial charge in [-0.3, -0.25) is 14.9 Å². The molecule has 0 radical (unpaired) electrons. The van der Waals surface area contributed by atoms with Crippen LogP contribution in [0.25, 0.3) is 11.1 Å². The lowest BCUT2D eigenvalue weighted by molar-refractivity contribution is -0.159. The number of hydroxylamine groups is 2. The predicted octanol–water partition coefficient (Wildman–Crippen LogP) is 4.44. The molecule has 8 heteroatoms. The van der Waals surface area contributed by atoms with E-state index in [1.54, 1.807) is 25.1 Å². The summed E-state index contributed by atoms with van der Waals surface area (Å²) < 4.78 is 5.56.